The van der Waals surface area contributed by atoms with Crippen LogP contribution in [0.3, 0.4) is 0 Å². The molecular weight excluding hydrogens is 370 g/mol. The van der Waals surface area contributed by atoms with Crippen LogP contribution in [0.25, 0.3) is 11.3 Å². The number of hydrogen-bond acceptors (Lipinski definition) is 9. The van der Waals surface area contributed by atoms with Gasteiger partial charge in [0, 0.05) is 25.4 Å². The molecule has 3 rings (SSSR count). The minimum atomic E-state index is 0.159. The molecule has 0 atom stereocenters. The fourth-order valence-electron chi connectivity index (χ4n) is 2.81. The van der Waals surface area contributed by atoms with Crippen LogP contribution < -0.4 is 15.4 Å². The normalized spacial score (nSPS) is 10.8. The molecule has 3 aromatic heterocycles. The van der Waals surface area contributed by atoms with E-state index in [0.717, 1.165) is 16.9 Å². The second-order valence-corrected chi connectivity index (χ2v) is 6.63. The number of hydrogen-bond donors (Lipinski definition) is 3. The standard InChI is InChI=1S/C20H25N7O2/c1-5-28-20-14(7-6-8-22-20)15-9-16(23-11-18-25-13(4)29-27-18)19(24-12(2)3)17(10-21)26-15/h6-10,12,21,24H,5,11H2,1-4H3,(H,23,26). The topological polar surface area (TPSA) is 122 Å². The summed E-state index contributed by atoms with van der Waals surface area (Å²) in [6.07, 6.45) is 2.91. The maximum atomic E-state index is 7.88. The molecule has 0 radical (unpaired) electrons. The van der Waals surface area contributed by atoms with E-state index < -0.39 is 0 Å². The van der Waals surface area contributed by atoms with Gasteiger partial charge < -0.3 is 25.3 Å². The molecule has 3 heterocycles. The summed E-state index contributed by atoms with van der Waals surface area (Å²) in [5.41, 5.74) is 3.43. The van der Waals surface area contributed by atoms with Gasteiger partial charge in [0.05, 0.1) is 35.8 Å². The number of aromatic nitrogens is 4. The average molecular weight is 395 g/mol. The first kappa shape index (κ1) is 20.2. The number of ether oxygens (including phenoxy) is 1. The summed E-state index contributed by atoms with van der Waals surface area (Å²) in [5, 5.41) is 18.5. The van der Waals surface area contributed by atoms with Crippen molar-refractivity contribution in [3.05, 3.63) is 41.8 Å². The molecule has 0 aliphatic heterocycles. The van der Waals surface area contributed by atoms with E-state index >= 15 is 0 Å². The maximum absolute atomic E-state index is 7.88. The zero-order chi connectivity index (χ0) is 20.8. The molecule has 3 aromatic rings. The average Bonchev–Trinajstić information content (AvgIpc) is 3.12. The van der Waals surface area contributed by atoms with Crippen LogP contribution in [0.5, 0.6) is 5.88 Å². The number of pyridine rings is 2. The Morgan fingerprint density at radius 3 is 2.79 bits per heavy atom. The van der Waals surface area contributed by atoms with Crippen molar-refractivity contribution in [1.29, 1.82) is 5.41 Å². The van der Waals surface area contributed by atoms with Crippen LogP contribution in [-0.4, -0.2) is 39.0 Å². The highest BCUT2D eigenvalue weighted by Gasteiger charge is 2.17. The van der Waals surface area contributed by atoms with E-state index in [-0.39, 0.29) is 6.04 Å². The molecule has 152 valence electrons. The van der Waals surface area contributed by atoms with Crippen molar-refractivity contribution in [2.45, 2.75) is 40.3 Å². The minimum absolute atomic E-state index is 0.159. The summed E-state index contributed by atoms with van der Waals surface area (Å²) in [5.74, 6) is 1.56. The highest BCUT2D eigenvalue weighted by atomic mass is 16.5. The van der Waals surface area contributed by atoms with Gasteiger partial charge in [-0.15, -0.1) is 0 Å². The number of nitrogens with one attached hydrogen (secondary N) is 3. The second kappa shape index (κ2) is 9.13. The van der Waals surface area contributed by atoms with Gasteiger partial charge in [-0.1, -0.05) is 5.16 Å². The maximum Gasteiger partial charge on any atom is 0.223 e. The predicted octanol–water partition coefficient (Wildman–Crippen LogP) is 3.66. The Bertz CT molecular complexity index is 985. The SMILES string of the molecule is CCOc1ncccc1-c1cc(NCc2noc(C)n2)c(NC(C)C)c(C=N)n1. The van der Waals surface area contributed by atoms with Crippen molar-refractivity contribution in [2.75, 3.05) is 17.2 Å². The van der Waals surface area contributed by atoms with Gasteiger partial charge in [0.1, 0.15) is 5.69 Å². The van der Waals surface area contributed by atoms with E-state index in [4.69, 9.17) is 14.7 Å². The van der Waals surface area contributed by atoms with Gasteiger partial charge in [-0.3, -0.25) is 0 Å². The van der Waals surface area contributed by atoms with Crippen LogP contribution in [0.1, 0.15) is 38.2 Å². The van der Waals surface area contributed by atoms with Crippen molar-refractivity contribution in [2.24, 2.45) is 0 Å². The fraction of sp³-hybridized carbons (Fsp3) is 0.350. The van der Waals surface area contributed by atoms with Gasteiger partial charge in [-0.2, -0.15) is 4.98 Å². The number of rotatable bonds is 9. The van der Waals surface area contributed by atoms with Crippen molar-refractivity contribution in [3.8, 4) is 17.1 Å². The summed E-state index contributed by atoms with van der Waals surface area (Å²) in [6.45, 7) is 8.58. The Balaban J connectivity index is 2.05. The lowest BCUT2D eigenvalue weighted by atomic mass is 10.1. The van der Waals surface area contributed by atoms with Crippen molar-refractivity contribution in [3.63, 3.8) is 0 Å². The fourth-order valence-corrected chi connectivity index (χ4v) is 2.81. The lowest BCUT2D eigenvalue weighted by molar-refractivity contribution is 0.328. The Kier molecular flexibility index (Phi) is 6.38. The molecule has 0 aliphatic carbocycles. The molecule has 9 heteroatoms. The molecule has 0 bridgehead atoms. The van der Waals surface area contributed by atoms with Gasteiger partial charge in [-0.25, -0.2) is 9.97 Å². The van der Waals surface area contributed by atoms with Gasteiger partial charge in [0.2, 0.25) is 11.8 Å². The first-order valence-electron chi connectivity index (χ1n) is 9.45. The van der Waals surface area contributed by atoms with E-state index in [1.807, 2.05) is 39.0 Å². The molecule has 0 spiro atoms. The third-order valence-electron chi connectivity index (χ3n) is 3.95. The first-order chi connectivity index (χ1) is 14.0. The van der Waals surface area contributed by atoms with E-state index in [1.165, 1.54) is 6.21 Å². The Morgan fingerprint density at radius 2 is 2.14 bits per heavy atom. The van der Waals surface area contributed by atoms with Crippen molar-refractivity contribution >= 4 is 17.6 Å². The lowest BCUT2D eigenvalue weighted by Crippen LogP contribution is -2.15. The quantitative estimate of drug-likeness (QED) is 0.469. The van der Waals surface area contributed by atoms with Crippen molar-refractivity contribution in [1.82, 2.24) is 20.1 Å². The van der Waals surface area contributed by atoms with Crippen LogP contribution in [0.15, 0.2) is 28.9 Å². The highest BCUT2D eigenvalue weighted by molar-refractivity contribution is 5.91. The molecule has 0 amide bonds. The van der Waals surface area contributed by atoms with Crippen LogP contribution in [0.2, 0.25) is 0 Å². The van der Waals surface area contributed by atoms with E-state index in [1.54, 1.807) is 13.1 Å². The lowest BCUT2D eigenvalue weighted by Gasteiger charge is -2.19. The van der Waals surface area contributed by atoms with E-state index in [9.17, 15) is 0 Å². The summed E-state index contributed by atoms with van der Waals surface area (Å²) in [7, 11) is 0. The molecule has 0 saturated carbocycles. The molecule has 0 unspecified atom stereocenters. The largest absolute Gasteiger partial charge is 0.477 e. The summed E-state index contributed by atoms with van der Waals surface area (Å²) < 4.78 is 10.7. The third-order valence-corrected chi connectivity index (χ3v) is 3.95. The van der Waals surface area contributed by atoms with Crippen LogP contribution in [0.4, 0.5) is 11.4 Å². The first-order valence-corrected chi connectivity index (χ1v) is 9.45. The van der Waals surface area contributed by atoms with E-state index in [0.29, 0.717) is 42.1 Å². The van der Waals surface area contributed by atoms with Gasteiger partial charge in [0.25, 0.3) is 0 Å². The third kappa shape index (κ3) is 4.87. The zero-order valence-electron chi connectivity index (χ0n) is 17.0. The number of aryl methyl sites for hydroxylation is 1. The summed E-state index contributed by atoms with van der Waals surface area (Å²) in [6, 6.07) is 5.80. The molecule has 3 N–H and O–H groups in total. The molecule has 0 saturated heterocycles. The monoisotopic (exact) mass is 395 g/mol. The van der Waals surface area contributed by atoms with Crippen LogP contribution in [-0.2, 0) is 6.54 Å². The van der Waals surface area contributed by atoms with Gasteiger partial charge in [0.15, 0.2) is 5.82 Å². The predicted molar refractivity (Wildman–Crippen MR) is 112 cm³/mol. The molecular formula is C20H25N7O2. The molecule has 9 nitrogen and oxygen atoms in total. The molecule has 29 heavy (non-hydrogen) atoms. The Labute approximate surface area is 169 Å². The minimum Gasteiger partial charge on any atom is -0.477 e. The van der Waals surface area contributed by atoms with Crippen molar-refractivity contribution < 1.29 is 9.26 Å². The zero-order valence-corrected chi connectivity index (χ0v) is 17.0. The Morgan fingerprint density at radius 1 is 1.31 bits per heavy atom. The van der Waals surface area contributed by atoms with Crippen LogP contribution >= 0.6 is 0 Å². The van der Waals surface area contributed by atoms with Gasteiger partial charge >= 0.3 is 0 Å². The smallest absolute Gasteiger partial charge is 0.223 e. The van der Waals surface area contributed by atoms with Gasteiger partial charge in [-0.05, 0) is 39.0 Å². The van der Waals surface area contributed by atoms with Crippen LogP contribution in [0, 0.1) is 12.3 Å². The summed E-state index contributed by atoms with van der Waals surface area (Å²) in [4.78, 5) is 13.2. The highest BCUT2D eigenvalue weighted by Crippen LogP contribution is 2.33. The number of nitrogens with zero attached hydrogens (tertiary/aromatic N) is 4. The second-order valence-electron chi connectivity index (χ2n) is 6.63. The number of anilines is 2. The molecule has 0 aliphatic rings. The molecule has 0 aromatic carbocycles. The summed E-state index contributed by atoms with van der Waals surface area (Å²) >= 11 is 0. The van der Waals surface area contributed by atoms with E-state index in [2.05, 4.69) is 30.7 Å². The Hall–Kier alpha value is -3.49. The molecule has 0 fully saturated rings.